The third-order valence-corrected chi connectivity index (χ3v) is 3.68. The standard InChI is InChI=1S/C14H23NO2/c1-11(9-13-6-4-8-17-13)15-10-12-5-2-3-7-14(12)16/h4,6,8,11-12,14-16H,2-3,5,7,9-10H2,1H3. The fraction of sp³-hybridized carbons (Fsp3) is 0.714. The van der Waals surface area contributed by atoms with E-state index in [1.165, 1.54) is 12.8 Å². The lowest BCUT2D eigenvalue weighted by atomic mass is 9.86. The molecule has 0 spiro atoms. The highest BCUT2D eigenvalue weighted by atomic mass is 16.3. The van der Waals surface area contributed by atoms with Gasteiger partial charge in [-0.2, -0.15) is 0 Å². The monoisotopic (exact) mass is 237 g/mol. The fourth-order valence-electron chi connectivity index (χ4n) is 2.58. The van der Waals surface area contributed by atoms with E-state index in [0.717, 1.165) is 31.6 Å². The molecule has 2 N–H and O–H groups in total. The fourth-order valence-corrected chi connectivity index (χ4v) is 2.58. The summed E-state index contributed by atoms with van der Waals surface area (Å²) >= 11 is 0. The van der Waals surface area contributed by atoms with Crippen LogP contribution in [0.3, 0.4) is 0 Å². The molecule has 0 radical (unpaired) electrons. The molecule has 1 heterocycles. The zero-order valence-corrected chi connectivity index (χ0v) is 10.6. The molecule has 1 aromatic heterocycles. The topological polar surface area (TPSA) is 45.4 Å². The second-order valence-electron chi connectivity index (χ2n) is 5.20. The van der Waals surface area contributed by atoms with Crippen LogP contribution >= 0.6 is 0 Å². The molecule has 1 aromatic rings. The van der Waals surface area contributed by atoms with Gasteiger partial charge in [-0.25, -0.2) is 0 Å². The predicted octanol–water partition coefficient (Wildman–Crippen LogP) is 2.35. The predicted molar refractivity (Wildman–Crippen MR) is 67.8 cm³/mol. The normalized spacial score (nSPS) is 26.9. The van der Waals surface area contributed by atoms with E-state index in [4.69, 9.17) is 4.42 Å². The maximum Gasteiger partial charge on any atom is 0.105 e. The second-order valence-corrected chi connectivity index (χ2v) is 5.20. The number of nitrogens with one attached hydrogen (secondary N) is 1. The van der Waals surface area contributed by atoms with Crippen molar-refractivity contribution >= 4 is 0 Å². The van der Waals surface area contributed by atoms with Gasteiger partial charge in [-0.1, -0.05) is 12.8 Å². The molecule has 17 heavy (non-hydrogen) atoms. The molecule has 0 bridgehead atoms. The van der Waals surface area contributed by atoms with E-state index in [-0.39, 0.29) is 6.10 Å². The lowest BCUT2D eigenvalue weighted by Crippen LogP contribution is -2.38. The summed E-state index contributed by atoms with van der Waals surface area (Å²) in [6, 6.07) is 4.33. The number of hydrogen-bond donors (Lipinski definition) is 2. The summed E-state index contributed by atoms with van der Waals surface area (Å²) in [5.74, 6) is 1.46. The Morgan fingerprint density at radius 1 is 1.47 bits per heavy atom. The van der Waals surface area contributed by atoms with Gasteiger partial charge in [-0.15, -0.1) is 0 Å². The van der Waals surface area contributed by atoms with Crippen molar-refractivity contribution < 1.29 is 9.52 Å². The highest BCUT2D eigenvalue weighted by molar-refractivity contribution is 5.00. The SMILES string of the molecule is CC(Cc1ccco1)NCC1CCCCC1O. The number of rotatable bonds is 5. The number of aliphatic hydroxyl groups excluding tert-OH is 1. The van der Waals surface area contributed by atoms with Crippen LogP contribution < -0.4 is 5.32 Å². The molecule has 0 saturated heterocycles. The summed E-state index contributed by atoms with van der Waals surface area (Å²) in [7, 11) is 0. The molecule has 3 atom stereocenters. The van der Waals surface area contributed by atoms with E-state index >= 15 is 0 Å². The minimum atomic E-state index is -0.105. The highest BCUT2D eigenvalue weighted by Gasteiger charge is 2.23. The molecular weight excluding hydrogens is 214 g/mol. The first-order valence-corrected chi connectivity index (χ1v) is 6.69. The Morgan fingerprint density at radius 2 is 2.29 bits per heavy atom. The summed E-state index contributed by atoms with van der Waals surface area (Å²) in [5, 5.41) is 13.4. The Kier molecular flexibility index (Phi) is 4.63. The van der Waals surface area contributed by atoms with Crippen molar-refractivity contribution in [2.75, 3.05) is 6.54 Å². The van der Waals surface area contributed by atoms with Crippen LogP contribution in [-0.4, -0.2) is 23.8 Å². The van der Waals surface area contributed by atoms with Gasteiger partial charge in [-0.3, -0.25) is 0 Å². The van der Waals surface area contributed by atoms with Crippen molar-refractivity contribution in [3.05, 3.63) is 24.2 Å². The molecule has 3 unspecified atom stereocenters. The van der Waals surface area contributed by atoms with Crippen LogP contribution in [0, 0.1) is 5.92 Å². The Labute approximate surface area is 103 Å². The van der Waals surface area contributed by atoms with Gasteiger partial charge in [0.1, 0.15) is 5.76 Å². The van der Waals surface area contributed by atoms with Crippen molar-refractivity contribution in [3.63, 3.8) is 0 Å². The molecule has 3 nitrogen and oxygen atoms in total. The molecule has 1 aliphatic carbocycles. The van der Waals surface area contributed by atoms with Gasteiger partial charge in [0, 0.05) is 19.0 Å². The van der Waals surface area contributed by atoms with Crippen LogP contribution in [0.4, 0.5) is 0 Å². The summed E-state index contributed by atoms with van der Waals surface area (Å²) in [4.78, 5) is 0. The average molecular weight is 237 g/mol. The van der Waals surface area contributed by atoms with Gasteiger partial charge < -0.3 is 14.8 Å². The van der Waals surface area contributed by atoms with Crippen LogP contribution in [0.15, 0.2) is 22.8 Å². The van der Waals surface area contributed by atoms with Gasteiger partial charge in [0.05, 0.1) is 12.4 Å². The summed E-state index contributed by atoms with van der Waals surface area (Å²) in [6.07, 6.45) is 7.09. The van der Waals surface area contributed by atoms with Crippen molar-refractivity contribution in [1.29, 1.82) is 0 Å². The zero-order chi connectivity index (χ0) is 12.1. The molecule has 1 aliphatic rings. The molecule has 0 amide bonds. The van der Waals surface area contributed by atoms with E-state index < -0.39 is 0 Å². The van der Waals surface area contributed by atoms with Crippen LogP contribution in [-0.2, 0) is 6.42 Å². The average Bonchev–Trinajstić information content (AvgIpc) is 2.81. The maximum absolute atomic E-state index is 9.88. The van der Waals surface area contributed by atoms with E-state index in [1.807, 2.05) is 12.1 Å². The maximum atomic E-state index is 9.88. The third kappa shape index (κ3) is 3.86. The highest BCUT2D eigenvalue weighted by Crippen LogP contribution is 2.23. The van der Waals surface area contributed by atoms with Crippen molar-refractivity contribution in [1.82, 2.24) is 5.32 Å². The zero-order valence-electron chi connectivity index (χ0n) is 10.6. The molecular formula is C14H23NO2. The van der Waals surface area contributed by atoms with Gasteiger partial charge in [0.2, 0.25) is 0 Å². The Bertz CT molecular complexity index is 310. The lowest BCUT2D eigenvalue weighted by molar-refractivity contribution is 0.0683. The minimum Gasteiger partial charge on any atom is -0.469 e. The Balaban J connectivity index is 1.70. The van der Waals surface area contributed by atoms with E-state index in [0.29, 0.717) is 12.0 Å². The first kappa shape index (κ1) is 12.7. The van der Waals surface area contributed by atoms with Crippen LogP contribution in [0.2, 0.25) is 0 Å². The molecule has 96 valence electrons. The second kappa shape index (κ2) is 6.22. The van der Waals surface area contributed by atoms with Crippen molar-refractivity contribution in [3.8, 4) is 0 Å². The molecule has 0 aromatic carbocycles. The summed E-state index contributed by atoms with van der Waals surface area (Å²) in [5.41, 5.74) is 0. The van der Waals surface area contributed by atoms with Crippen molar-refractivity contribution in [2.24, 2.45) is 5.92 Å². The van der Waals surface area contributed by atoms with Gasteiger partial charge >= 0.3 is 0 Å². The largest absolute Gasteiger partial charge is 0.469 e. The van der Waals surface area contributed by atoms with Gasteiger partial charge in [0.15, 0.2) is 0 Å². The molecule has 3 heteroatoms. The number of hydrogen-bond acceptors (Lipinski definition) is 3. The molecule has 2 rings (SSSR count). The Morgan fingerprint density at radius 3 is 3.00 bits per heavy atom. The first-order valence-electron chi connectivity index (χ1n) is 6.69. The molecule has 1 saturated carbocycles. The summed E-state index contributed by atoms with van der Waals surface area (Å²) < 4.78 is 5.33. The molecule has 0 aliphatic heterocycles. The quantitative estimate of drug-likeness (QED) is 0.826. The molecule has 1 fully saturated rings. The lowest BCUT2D eigenvalue weighted by Gasteiger charge is -2.28. The number of aliphatic hydroxyl groups is 1. The first-order chi connectivity index (χ1) is 8.25. The van der Waals surface area contributed by atoms with Crippen LogP contribution in [0.25, 0.3) is 0 Å². The Hall–Kier alpha value is -0.800. The van der Waals surface area contributed by atoms with Gasteiger partial charge in [0.25, 0.3) is 0 Å². The van der Waals surface area contributed by atoms with Crippen LogP contribution in [0.5, 0.6) is 0 Å². The number of furan rings is 1. The third-order valence-electron chi connectivity index (χ3n) is 3.68. The minimum absolute atomic E-state index is 0.105. The smallest absolute Gasteiger partial charge is 0.105 e. The van der Waals surface area contributed by atoms with Crippen LogP contribution in [0.1, 0.15) is 38.4 Å². The van der Waals surface area contributed by atoms with Gasteiger partial charge in [-0.05, 0) is 37.8 Å². The van der Waals surface area contributed by atoms with E-state index in [9.17, 15) is 5.11 Å². The van der Waals surface area contributed by atoms with E-state index in [1.54, 1.807) is 6.26 Å². The van der Waals surface area contributed by atoms with Crippen molar-refractivity contribution in [2.45, 2.75) is 51.2 Å². The van der Waals surface area contributed by atoms with E-state index in [2.05, 4.69) is 12.2 Å². The summed E-state index contributed by atoms with van der Waals surface area (Å²) in [6.45, 7) is 3.08.